The third-order valence-electron chi connectivity index (χ3n) is 2.09. The lowest BCUT2D eigenvalue weighted by Crippen LogP contribution is -2.24. The van der Waals surface area contributed by atoms with Crippen LogP contribution in [0.15, 0.2) is 18.2 Å². The molecule has 0 atom stereocenters. The van der Waals surface area contributed by atoms with Gasteiger partial charge in [0.25, 0.3) is 0 Å². The summed E-state index contributed by atoms with van der Waals surface area (Å²) in [7, 11) is 1.62. The van der Waals surface area contributed by atoms with Crippen LogP contribution in [0.5, 0.6) is 5.75 Å². The number of benzene rings is 1. The number of ether oxygens (including phenoxy) is 1. The van der Waals surface area contributed by atoms with E-state index in [-0.39, 0.29) is 11.8 Å². The van der Waals surface area contributed by atoms with Gasteiger partial charge in [-0.1, -0.05) is 18.2 Å². The van der Waals surface area contributed by atoms with Crippen LogP contribution in [0.3, 0.4) is 0 Å². The summed E-state index contributed by atoms with van der Waals surface area (Å²) in [5.41, 5.74) is 2.01. The number of nitrogens with one attached hydrogen (secondary N) is 1. The fraction of sp³-hybridized carbons (Fsp3) is 0.364. The molecule has 0 aliphatic carbocycles. The number of methoxy groups -OCH3 is 1. The second-order valence-electron chi connectivity index (χ2n) is 3.18. The van der Waals surface area contributed by atoms with Gasteiger partial charge in [-0.15, -0.1) is 11.6 Å². The number of hydrogen-bond acceptors (Lipinski definition) is 2. The molecule has 0 fully saturated rings. The number of carbonyl (C=O) groups excluding carboxylic acids is 1. The number of para-hydroxylation sites is 1. The third kappa shape index (κ3) is 3.13. The SMILES string of the molecule is COc1c(C)cccc1CNC(=O)CCl. The van der Waals surface area contributed by atoms with Gasteiger partial charge < -0.3 is 10.1 Å². The average molecular weight is 228 g/mol. The summed E-state index contributed by atoms with van der Waals surface area (Å²) in [6.07, 6.45) is 0. The first-order chi connectivity index (χ1) is 7.19. The molecule has 0 saturated heterocycles. The van der Waals surface area contributed by atoms with Crippen LogP contribution < -0.4 is 10.1 Å². The van der Waals surface area contributed by atoms with Gasteiger partial charge in [0.1, 0.15) is 11.6 Å². The van der Waals surface area contributed by atoms with Crippen molar-refractivity contribution in [3.63, 3.8) is 0 Å². The maximum Gasteiger partial charge on any atom is 0.235 e. The van der Waals surface area contributed by atoms with E-state index in [0.717, 1.165) is 16.9 Å². The first kappa shape index (κ1) is 11.9. The standard InChI is InChI=1S/C11H14ClNO2/c1-8-4-3-5-9(11(8)15-2)7-13-10(14)6-12/h3-5H,6-7H2,1-2H3,(H,13,14). The minimum Gasteiger partial charge on any atom is -0.496 e. The number of amides is 1. The molecule has 1 rings (SSSR count). The second kappa shape index (κ2) is 5.61. The largest absolute Gasteiger partial charge is 0.496 e. The normalized spacial score (nSPS) is 9.80. The predicted molar refractivity (Wildman–Crippen MR) is 60.3 cm³/mol. The van der Waals surface area contributed by atoms with Crippen LogP contribution >= 0.6 is 11.6 Å². The van der Waals surface area contributed by atoms with Crippen molar-refractivity contribution < 1.29 is 9.53 Å². The lowest BCUT2D eigenvalue weighted by molar-refractivity contribution is -0.118. The Morgan fingerprint density at radius 1 is 1.53 bits per heavy atom. The molecule has 1 N–H and O–H groups in total. The first-order valence-corrected chi connectivity index (χ1v) is 5.17. The van der Waals surface area contributed by atoms with E-state index in [9.17, 15) is 4.79 Å². The Labute approximate surface area is 94.4 Å². The summed E-state index contributed by atoms with van der Waals surface area (Å²) in [5, 5.41) is 2.70. The summed E-state index contributed by atoms with van der Waals surface area (Å²) in [4.78, 5) is 11.0. The van der Waals surface area contributed by atoms with Gasteiger partial charge >= 0.3 is 0 Å². The van der Waals surface area contributed by atoms with Crippen molar-refractivity contribution in [3.8, 4) is 5.75 Å². The molecule has 0 heterocycles. The van der Waals surface area contributed by atoms with E-state index in [2.05, 4.69) is 5.32 Å². The highest BCUT2D eigenvalue weighted by molar-refractivity contribution is 6.27. The fourth-order valence-corrected chi connectivity index (χ4v) is 1.48. The summed E-state index contributed by atoms with van der Waals surface area (Å²) < 4.78 is 5.26. The Hall–Kier alpha value is -1.22. The number of aryl methyl sites for hydroxylation is 1. The number of alkyl halides is 1. The van der Waals surface area contributed by atoms with Gasteiger partial charge in [-0.25, -0.2) is 0 Å². The number of carbonyl (C=O) groups is 1. The Kier molecular flexibility index (Phi) is 4.43. The lowest BCUT2D eigenvalue weighted by atomic mass is 10.1. The smallest absolute Gasteiger partial charge is 0.235 e. The van der Waals surface area contributed by atoms with E-state index in [4.69, 9.17) is 16.3 Å². The van der Waals surface area contributed by atoms with Crippen LogP contribution in [0.25, 0.3) is 0 Å². The van der Waals surface area contributed by atoms with Gasteiger partial charge in [0.15, 0.2) is 0 Å². The minimum atomic E-state index is -0.180. The summed E-state index contributed by atoms with van der Waals surface area (Å²) in [6, 6.07) is 5.81. The van der Waals surface area contributed by atoms with Crippen LogP contribution in [0, 0.1) is 6.92 Å². The van der Waals surface area contributed by atoms with Gasteiger partial charge in [0.05, 0.1) is 7.11 Å². The number of halogens is 1. The first-order valence-electron chi connectivity index (χ1n) is 4.64. The van der Waals surface area contributed by atoms with E-state index >= 15 is 0 Å². The van der Waals surface area contributed by atoms with Crippen molar-refractivity contribution in [3.05, 3.63) is 29.3 Å². The molecular formula is C11H14ClNO2. The number of hydrogen-bond donors (Lipinski definition) is 1. The zero-order chi connectivity index (χ0) is 11.3. The molecule has 0 saturated carbocycles. The quantitative estimate of drug-likeness (QED) is 0.798. The van der Waals surface area contributed by atoms with Crippen LogP contribution in [0.2, 0.25) is 0 Å². The molecule has 0 aliphatic rings. The average Bonchev–Trinajstić information content (AvgIpc) is 2.25. The topological polar surface area (TPSA) is 38.3 Å². The van der Waals surface area contributed by atoms with Gasteiger partial charge in [-0.2, -0.15) is 0 Å². The van der Waals surface area contributed by atoms with Crippen molar-refractivity contribution in [1.29, 1.82) is 0 Å². The molecule has 1 amide bonds. The summed E-state index contributed by atoms with van der Waals surface area (Å²) in [5.74, 6) is 0.612. The second-order valence-corrected chi connectivity index (χ2v) is 3.44. The van der Waals surface area contributed by atoms with Gasteiger partial charge in [0.2, 0.25) is 5.91 Å². The molecule has 0 aliphatic heterocycles. The van der Waals surface area contributed by atoms with E-state index < -0.39 is 0 Å². The van der Waals surface area contributed by atoms with Crippen LogP contribution in [0.4, 0.5) is 0 Å². The summed E-state index contributed by atoms with van der Waals surface area (Å²) >= 11 is 5.38. The van der Waals surface area contributed by atoms with Crippen molar-refractivity contribution in [2.45, 2.75) is 13.5 Å². The van der Waals surface area contributed by atoms with E-state index in [1.807, 2.05) is 25.1 Å². The van der Waals surface area contributed by atoms with Crippen molar-refractivity contribution >= 4 is 17.5 Å². The Bertz CT molecular complexity index is 352. The minimum absolute atomic E-state index is 0.0197. The van der Waals surface area contributed by atoms with E-state index in [1.165, 1.54) is 0 Å². The third-order valence-corrected chi connectivity index (χ3v) is 2.34. The molecule has 0 bridgehead atoms. The number of rotatable bonds is 4. The van der Waals surface area contributed by atoms with E-state index in [1.54, 1.807) is 7.11 Å². The zero-order valence-electron chi connectivity index (χ0n) is 8.84. The summed E-state index contributed by atoms with van der Waals surface area (Å²) in [6.45, 7) is 2.40. The fourth-order valence-electron chi connectivity index (χ4n) is 1.39. The zero-order valence-corrected chi connectivity index (χ0v) is 9.60. The van der Waals surface area contributed by atoms with Gasteiger partial charge in [-0.05, 0) is 12.5 Å². The molecule has 0 unspecified atom stereocenters. The van der Waals surface area contributed by atoms with Crippen molar-refractivity contribution in [2.24, 2.45) is 0 Å². The van der Waals surface area contributed by atoms with Gasteiger partial charge in [0, 0.05) is 12.1 Å². The van der Waals surface area contributed by atoms with E-state index in [0.29, 0.717) is 6.54 Å². The highest BCUT2D eigenvalue weighted by Crippen LogP contribution is 2.22. The van der Waals surface area contributed by atoms with Crippen molar-refractivity contribution in [2.75, 3.05) is 13.0 Å². The molecule has 0 radical (unpaired) electrons. The molecule has 4 heteroatoms. The van der Waals surface area contributed by atoms with Crippen LogP contribution in [-0.4, -0.2) is 18.9 Å². The molecular weight excluding hydrogens is 214 g/mol. The molecule has 0 aromatic heterocycles. The Balaban J connectivity index is 2.76. The molecule has 82 valence electrons. The highest BCUT2D eigenvalue weighted by atomic mass is 35.5. The van der Waals surface area contributed by atoms with Crippen molar-refractivity contribution in [1.82, 2.24) is 5.32 Å². The molecule has 1 aromatic carbocycles. The predicted octanol–water partition coefficient (Wildman–Crippen LogP) is 1.86. The maximum absolute atomic E-state index is 11.0. The highest BCUT2D eigenvalue weighted by Gasteiger charge is 2.06. The van der Waals surface area contributed by atoms with Crippen LogP contribution in [-0.2, 0) is 11.3 Å². The van der Waals surface area contributed by atoms with Gasteiger partial charge in [-0.3, -0.25) is 4.79 Å². The molecule has 1 aromatic rings. The van der Waals surface area contributed by atoms with Crippen LogP contribution in [0.1, 0.15) is 11.1 Å². The molecule has 15 heavy (non-hydrogen) atoms. The Morgan fingerprint density at radius 3 is 2.87 bits per heavy atom. The monoisotopic (exact) mass is 227 g/mol. The lowest BCUT2D eigenvalue weighted by Gasteiger charge is -2.11. The molecule has 3 nitrogen and oxygen atoms in total. The maximum atomic E-state index is 11.0. The Morgan fingerprint density at radius 2 is 2.27 bits per heavy atom. The molecule has 0 spiro atoms.